The zero-order valence-electron chi connectivity index (χ0n) is 21.9. The van der Waals surface area contributed by atoms with Crippen molar-refractivity contribution in [1.82, 2.24) is 19.5 Å². The Hall–Kier alpha value is -4.47. The third kappa shape index (κ3) is 5.02. The van der Waals surface area contributed by atoms with Gasteiger partial charge in [-0.2, -0.15) is 0 Å². The number of fused-ring (bicyclic) bond motifs is 1. The second-order valence-electron chi connectivity index (χ2n) is 10.3. The molecule has 3 N–H and O–H groups in total. The molecule has 1 aliphatic rings. The van der Waals surface area contributed by atoms with Crippen molar-refractivity contribution in [3.8, 4) is 28.5 Å². The fourth-order valence-electron chi connectivity index (χ4n) is 4.63. The lowest BCUT2D eigenvalue weighted by molar-refractivity contribution is 0.0292. The molecule has 0 radical (unpaired) electrons. The maximum Gasteiger partial charge on any atom is 0.410 e. The Bertz CT molecular complexity index is 1460. The van der Waals surface area contributed by atoms with E-state index < -0.39 is 11.5 Å². The molecule has 2 aromatic carbocycles. The summed E-state index contributed by atoms with van der Waals surface area (Å²) in [5, 5.41) is 3.12. The van der Waals surface area contributed by atoms with Crippen molar-refractivity contribution in [2.75, 3.05) is 20.2 Å². The number of hydrogen-bond acceptors (Lipinski definition) is 6. The Morgan fingerprint density at radius 1 is 1.03 bits per heavy atom. The van der Waals surface area contributed by atoms with E-state index in [0.717, 1.165) is 23.3 Å². The lowest BCUT2D eigenvalue weighted by Gasteiger charge is -2.24. The summed E-state index contributed by atoms with van der Waals surface area (Å²) in [6.45, 7) is 6.65. The van der Waals surface area contributed by atoms with E-state index in [-0.39, 0.29) is 17.7 Å². The molecular weight excluding hydrogens is 486 g/mol. The van der Waals surface area contributed by atoms with Gasteiger partial charge >= 0.3 is 6.09 Å². The van der Waals surface area contributed by atoms with Crippen molar-refractivity contribution in [2.45, 2.75) is 38.7 Å². The van der Waals surface area contributed by atoms with Gasteiger partial charge in [0.1, 0.15) is 28.5 Å². The summed E-state index contributed by atoms with van der Waals surface area (Å²) in [5.74, 6) is 1.51. The van der Waals surface area contributed by atoms with Gasteiger partial charge < -0.3 is 24.8 Å². The zero-order valence-corrected chi connectivity index (χ0v) is 21.9. The highest BCUT2D eigenvalue weighted by atomic mass is 16.6. The van der Waals surface area contributed by atoms with Gasteiger partial charge in [-0.15, -0.1) is 0 Å². The van der Waals surface area contributed by atoms with Crippen molar-refractivity contribution < 1.29 is 23.8 Å². The fourth-order valence-corrected chi connectivity index (χ4v) is 4.63. The molecule has 198 valence electrons. The van der Waals surface area contributed by atoms with E-state index in [4.69, 9.17) is 24.9 Å². The number of imidazole rings is 1. The number of methoxy groups -OCH3 is 1. The summed E-state index contributed by atoms with van der Waals surface area (Å²) in [7, 11) is 1.61. The molecule has 3 heterocycles. The largest absolute Gasteiger partial charge is 0.497 e. The molecule has 4 aromatic rings. The average molecular weight is 518 g/mol. The zero-order chi connectivity index (χ0) is 27.0. The molecule has 1 fully saturated rings. The summed E-state index contributed by atoms with van der Waals surface area (Å²) in [6.07, 6.45) is 2.26. The third-order valence-electron chi connectivity index (χ3n) is 6.42. The monoisotopic (exact) mass is 517 g/mol. The molecule has 1 atom stereocenters. The molecule has 1 saturated heterocycles. The predicted octanol–water partition coefficient (Wildman–Crippen LogP) is 4.95. The van der Waals surface area contributed by atoms with E-state index in [0.29, 0.717) is 35.9 Å². The number of primary amides is 1. The molecule has 10 heteroatoms. The van der Waals surface area contributed by atoms with Crippen LogP contribution >= 0.6 is 0 Å². The minimum absolute atomic E-state index is 0.0486. The van der Waals surface area contributed by atoms with Crippen molar-refractivity contribution >= 4 is 17.6 Å². The fraction of sp³-hybridized carbons (Fsp3) is 0.321. The number of benzene rings is 2. The van der Waals surface area contributed by atoms with E-state index >= 15 is 0 Å². The summed E-state index contributed by atoms with van der Waals surface area (Å²) in [4.78, 5) is 31.5. The lowest BCUT2D eigenvalue weighted by Crippen LogP contribution is -2.35. The lowest BCUT2D eigenvalue weighted by atomic mass is 10.0. The average Bonchev–Trinajstić information content (AvgIpc) is 3.59. The topological polar surface area (TPSA) is 124 Å². The van der Waals surface area contributed by atoms with Gasteiger partial charge in [0.05, 0.1) is 7.11 Å². The van der Waals surface area contributed by atoms with E-state index in [2.05, 4.69) is 5.10 Å². The van der Waals surface area contributed by atoms with Crippen molar-refractivity contribution in [3.63, 3.8) is 0 Å². The number of hydrogen-bond donors (Lipinski definition) is 2. The Kier molecular flexibility index (Phi) is 6.48. The first-order valence-electron chi connectivity index (χ1n) is 12.4. The molecule has 1 aliphatic heterocycles. The molecule has 38 heavy (non-hydrogen) atoms. The van der Waals surface area contributed by atoms with Gasteiger partial charge in [-0.1, -0.05) is 0 Å². The molecule has 5 rings (SSSR count). The summed E-state index contributed by atoms with van der Waals surface area (Å²) >= 11 is 0. The van der Waals surface area contributed by atoms with E-state index in [1.165, 1.54) is 0 Å². The minimum atomic E-state index is -0.596. The molecule has 0 saturated carbocycles. The molecule has 1 unspecified atom stereocenters. The van der Waals surface area contributed by atoms with Crippen LogP contribution in [0.2, 0.25) is 0 Å². The number of rotatable bonds is 6. The maximum atomic E-state index is 12.5. The molecule has 0 bridgehead atoms. The normalized spacial score (nSPS) is 15.6. The second-order valence-corrected chi connectivity index (χ2v) is 10.3. The first-order chi connectivity index (χ1) is 18.1. The number of likely N-dealkylation sites (tertiary alicyclic amines) is 1. The Morgan fingerprint density at radius 2 is 1.66 bits per heavy atom. The van der Waals surface area contributed by atoms with Crippen LogP contribution in [0.3, 0.4) is 0 Å². The van der Waals surface area contributed by atoms with Gasteiger partial charge in [0, 0.05) is 36.3 Å². The van der Waals surface area contributed by atoms with Crippen LogP contribution in [0.15, 0.2) is 54.7 Å². The van der Waals surface area contributed by atoms with Crippen molar-refractivity contribution in [3.05, 3.63) is 66.0 Å². The van der Waals surface area contributed by atoms with Gasteiger partial charge in [0.2, 0.25) is 0 Å². The van der Waals surface area contributed by atoms with E-state index in [1.807, 2.05) is 75.5 Å². The minimum Gasteiger partial charge on any atom is -0.497 e. The predicted molar refractivity (Wildman–Crippen MR) is 142 cm³/mol. The highest BCUT2D eigenvalue weighted by Crippen LogP contribution is 2.34. The number of nitrogens with two attached hydrogens (primary N) is 1. The Labute approximate surface area is 220 Å². The van der Waals surface area contributed by atoms with Crippen LogP contribution in [0.25, 0.3) is 16.9 Å². The van der Waals surface area contributed by atoms with Gasteiger partial charge in [-0.25, -0.2) is 14.3 Å². The SMILES string of the molecule is COc1ccc(Oc2ccc(-c3nc4c(C5CCN(C(=O)OC(C)(C)C)C5)c[nH]n4c3C(N)=O)cc2)cc1. The number of nitrogens with zero attached hydrogens (tertiary/aromatic N) is 3. The van der Waals surface area contributed by atoms with E-state index in [9.17, 15) is 9.59 Å². The summed E-state index contributed by atoms with van der Waals surface area (Å²) < 4.78 is 18.2. The van der Waals surface area contributed by atoms with Gasteiger partial charge in [0.25, 0.3) is 5.91 Å². The summed E-state index contributed by atoms with van der Waals surface area (Å²) in [6, 6.07) is 14.6. The number of aromatic nitrogens is 3. The number of carbonyl (C=O) groups excluding carboxylic acids is 2. The van der Waals surface area contributed by atoms with Crippen LogP contribution in [-0.4, -0.2) is 57.3 Å². The highest BCUT2D eigenvalue weighted by Gasteiger charge is 2.33. The smallest absolute Gasteiger partial charge is 0.410 e. The molecular formula is C28H31N5O5. The number of H-pyrrole nitrogens is 1. The van der Waals surface area contributed by atoms with Gasteiger partial charge in [-0.05, 0) is 75.7 Å². The molecule has 0 aliphatic carbocycles. The van der Waals surface area contributed by atoms with Crippen molar-refractivity contribution in [2.24, 2.45) is 5.73 Å². The van der Waals surface area contributed by atoms with Crippen LogP contribution in [0.4, 0.5) is 4.79 Å². The number of aromatic amines is 1. The van der Waals surface area contributed by atoms with E-state index in [1.54, 1.807) is 16.5 Å². The number of carbonyl (C=O) groups is 2. The van der Waals surface area contributed by atoms with Crippen molar-refractivity contribution in [1.29, 1.82) is 0 Å². The van der Waals surface area contributed by atoms with Crippen LogP contribution in [0.5, 0.6) is 17.2 Å². The number of amides is 2. The molecule has 10 nitrogen and oxygen atoms in total. The first kappa shape index (κ1) is 25.2. The first-order valence-corrected chi connectivity index (χ1v) is 12.4. The van der Waals surface area contributed by atoms with Crippen LogP contribution in [-0.2, 0) is 4.74 Å². The van der Waals surface area contributed by atoms with Gasteiger partial charge in [0.15, 0.2) is 11.3 Å². The third-order valence-corrected chi connectivity index (χ3v) is 6.42. The molecule has 2 aromatic heterocycles. The second kappa shape index (κ2) is 9.77. The standard InChI is InChI=1S/C28H31N5O5/c1-28(2,3)38-27(35)32-14-13-18(16-32)22-15-30-33-24(25(29)34)23(31-26(22)33)17-5-7-20(8-6-17)37-21-11-9-19(36-4)10-12-21/h5-12,15,18,30H,13-14,16H2,1-4H3,(H2,29,34). The Morgan fingerprint density at radius 3 is 2.26 bits per heavy atom. The summed E-state index contributed by atoms with van der Waals surface area (Å²) in [5.41, 5.74) is 8.22. The quantitative estimate of drug-likeness (QED) is 0.373. The molecule has 0 spiro atoms. The number of nitrogens with one attached hydrogen (secondary N) is 1. The van der Waals surface area contributed by atoms with Crippen LogP contribution in [0.1, 0.15) is 49.2 Å². The van der Waals surface area contributed by atoms with Crippen LogP contribution in [0, 0.1) is 0 Å². The highest BCUT2D eigenvalue weighted by molar-refractivity contribution is 5.98. The van der Waals surface area contributed by atoms with Crippen LogP contribution < -0.4 is 15.2 Å². The molecule has 2 amide bonds. The van der Waals surface area contributed by atoms with Gasteiger partial charge in [-0.3, -0.25) is 9.89 Å². The number of ether oxygens (including phenoxy) is 3. The maximum absolute atomic E-state index is 12.5. The Balaban J connectivity index is 1.39.